The van der Waals surface area contributed by atoms with Crippen LogP contribution in [0.2, 0.25) is 6.04 Å². The van der Waals surface area contributed by atoms with Crippen LogP contribution in [0.1, 0.15) is 32.6 Å². The van der Waals surface area contributed by atoms with Gasteiger partial charge in [-0.15, -0.1) is 0 Å². The van der Waals surface area contributed by atoms with Gasteiger partial charge in [0, 0.05) is 40.0 Å². The first-order chi connectivity index (χ1) is 8.60. The molecule has 3 N–H and O–H groups in total. The average molecular weight is 278 g/mol. The van der Waals surface area contributed by atoms with E-state index in [0.29, 0.717) is 0 Å². The van der Waals surface area contributed by atoms with E-state index in [-0.39, 0.29) is 6.04 Å². The number of rotatable bonds is 12. The summed E-state index contributed by atoms with van der Waals surface area (Å²) in [5, 5.41) is 3.34. The summed E-state index contributed by atoms with van der Waals surface area (Å²) in [6, 6.07) is 1.13. The number of hydrogen-bond donors (Lipinski definition) is 2. The summed E-state index contributed by atoms with van der Waals surface area (Å²) in [4.78, 5) is 0. The summed E-state index contributed by atoms with van der Waals surface area (Å²) in [6.07, 6.45) is 4.68. The fourth-order valence-electron chi connectivity index (χ4n) is 1.83. The quantitative estimate of drug-likeness (QED) is 0.417. The summed E-state index contributed by atoms with van der Waals surface area (Å²) >= 11 is 0. The Kier molecular flexibility index (Phi) is 10.9. The molecule has 18 heavy (non-hydrogen) atoms. The molecule has 0 saturated carbocycles. The summed E-state index contributed by atoms with van der Waals surface area (Å²) in [5.41, 5.74) is 5.65. The summed E-state index contributed by atoms with van der Waals surface area (Å²) in [6.45, 7) is 3.95. The summed E-state index contributed by atoms with van der Waals surface area (Å²) < 4.78 is 16.1. The number of nitrogens with one attached hydrogen (secondary N) is 1. The van der Waals surface area contributed by atoms with Gasteiger partial charge in [0.05, 0.1) is 0 Å². The van der Waals surface area contributed by atoms with Crippen molar-refractivity contribution < 1.29 is 13.3 Å². The number of hydrogen-bond acceptors (Lipinski definition) is 5. The van der Waals surface area contributed by atoms with Crippen LogP contribution in [-0.2, 0) is 13.3 Å². The molecular weight excluding hydrogens is 248 g/mol. The first-order valence-electron chi connectivity index (χ1n) is 6.72. The third-order valence-corrected chi connectivity index (χ3v) is 5.82. The molecule has 110 valence electrons. The monoisotopic (exact) mass is 278 g/mol. The van der Waals surface area contributed by atoms with Crippen LogP contribution in [0.4, 0.5) is 0 Å². The predicted molar refractivity (Wildman–Crippen MR) is 76.6 cm³/mol. The second-order valence-corrected chi connectivity index (χ2v) is 7.73. The Bertz CT molecular complexity index is 182. The van der Waals surface area contributed by atoms with Gasteiger partial charge in [-0.1, -0.05) is 12.8 Å². The van der Waals surface area contributed by atoms with Gasteiger partial charge < -0.3 is 24.3 Å². The number of unbranched alkanes of at least 4 members (excludes halogenated alkanes) is 3. The molecule has 0 aromatic heterocycles. The zero-order chi connectivity index (χ0) is 13.9. The fraction of sp³-hybridized carbons (Fsp3) is 1.00. The smallest absolute Gasteiger partial charge is 0.377 e. The van der Waals surface area contributed by atoms with Gasteiger partial charge in [-0.3, -0.25) is 0 Å². The molecule has 0 aliphatic heterocycles. The highest BCUT2D eigenvalue weighted by Crippen LogP contribution is 2.17. The van der Waals surface area contributed by atoms with Crippen LogP contribution in [0.25, 0.3) is 0 Å². The SMILES string of the molecule is CO[Si](CCCCCCNCC(C)N)(OC)OC. The van der Waals surface area contributed by atoms with Gasteiger partial charge in [0.1, 0.15) is 0 Å². The Labute approximate surface area is 113 Å². The zero-order valence-electron chi connectivity index (χ0n) is 12.3. The largest absolute Gasteiger partial charge is 0.500 e. The lowest BCUT2D eigenvalue weighted by atomic mass is 10.2. The minimum Gasteiger partial charge on any atom is -0.377 e. The van der Waals surface area contributed by atoms with Crippen molar-refractivity contribution in [2.24, 2.45) is 5.73 Å². The lowest BCUT2D eigenvalue weighted by Crippen LogP contribution is -2.42. The van der Waals surface area contributed by atoms with Gasteiger partial charge in [0.15, 0.2) is 0 Å². The Morgan fingerprint density at radius 2 is 1.56 bits per heavy atom. The minimum atomic E-state index is -2.34. The Balaban J connectivity index is 3.44. The van der Waals surface area contributed by atoms with E-state index in [1.807, 2.05) is 6.92 Å². The van der Waals surface area contributed by atoms with Crippen LogP contribution in [0, 0.1) is 0 Å². The van der Waals surface area contributed by atoms with Gasteiger partial charge in [0.25, 0.3) is 0 Å². The average Bonchev–Trinajstić information content (AvgIpc) is 2.38. The van der Waals surface area contributed by atoms with E-state index < -0.39 is 8.80 Å². The maximum absolute atomic E-state index is 5.65. The van der Waals surface area contributed by atoms with Gasteiger partial charge >= 0.3 is 8.80 Å². The molecule has 1 unspecified atom stereocenters. The van der Waals surface area contributed by atoms with E-state index in [1.165, 1.54) is 19.3 Å². The minimum absolute atomic E-state index is 0.238. The molecule has 0 aliphatic rings. The molecule has 0 aliphatic carbocycles. The molecule has 0 radical (unpaired) electrons. The van der Waals surface area contributed by atoms with Crippen molar-refractivity contribution in [3.8, 4) is 0 Å². The van der Waals surface area contributed by atoms with E-state index >= 15 is 0 Å². The molecule has 6 heteroatoms. The van der Waals surface area contributed by atoms with Crippen LogP contribution >= 0.6 is 0 Å². The highest BCUT2D eigenvalue weighted by molar-refractivity contribution is 6.60. The van der Waals surface area contributed by atoms with Crippen LogP contribution in [-0.4, -0.2) is 49.3 Å². The van der Waals surface area contributed by atoms with E-state index in [9.17, 15) is 0 Å². The van der Waals surface area contributed by atoms with Gasteiger partial charge in [0.2, 0.25) is 0 Å². The topological polar surface area (TPSA) is 65.7 Å². The summed E-state index contributed by atoms with van der Waals surface area (Å²) in [5.74, 6) is 0. The maximum atomic E-state index is 5.65. The molecule has 0 bridgehead atoms. The molecule has 0 aromatic carbocycles. The third-order valence-electron chi connectivity index (χ3n) is 2.99. The Morgan fingerprint density at radius 3 is 2.06 bits per heavy atom. The fourth-order valence-corrected chi connectivity index (χ4v) is 3.63. The zero-order valence-corrected chi connectivity index (χ0v) is 13.3. The molecule has 0 heterocycles. The molecule has 1 atom stereocenters. The molecule has 0 aromatic rings. The van der Waals surface area contributed by atoms with Gasteiger partial charge in [-0.25, -0.2) is 0 Å². The van der Waals surface area contributed by atoms with E-state index in [0.717, 1.165) is 25.6 Å². The summed E-state index contributed by atoms with van der Waals surface area (Å²) in [7, 11) is 2.65. The van der Waals surface area contributed by atoms with E-state index in [1.54, 1.807) is 21.3 Å². The third kappa shape index (κ3) is 8.18. The van der Waals surface area contributed by atoms with Crippen molar-refractivity contribution in [1.29, 1.82) is 0 Å². The lowest BCUT2D eigenvalue weighted by molar-refractivity contribution is 0.122. The van der Waals surface area contributed by atoms with Crippen molar-refractivity contribution in [2.45, 2.75) is 44.7 Å². The van der Waals surface area contributed by atoms with Crippen molar-refractivity contribution in [3.63, 3.8) is 0 Å². The molecule has 0 amide bonds. The highest BCUT2D eigenvalue weighted by atomic mass is 28.4. The Morgan fingerprint density at radius 1 is 1.00 bits per heavy atom. The predicted octanol–water partition coefficient (Wildman–Crippen LogP) is 1.36. The Hall–Kier alpha value is 0.0169. The van der Waals surface area contributed by atoms with E-state index in [2.05, 4.69) is 5.32 Å². The second-order valence-electron chi connectivity index (χ2n) is 4.64. The van der Waals surface area contributed by atoms with Crippen molar-refractivity contribution in [1.82, 2.24) is 5.32 Å². The van der Waals surface area contributed by atoms with Crippen molar-refractivity contribution in [2.75, 3.05) is 34.4 Å². The molecule has 0 fully saturated rings. The van der Waals surface area contributed by atoms with Crippen LogP contribution in [0.5, 0.6) is 0 Å². The molecule has 5 nitrogen and oxygen atoms in total. The van der Waals surface area contributed by atoms with Gasteiger partial charge in [-0.05, 0) is 26.3 Å². The highest BCUT2D eigenvalue weighted by Gasteiger charge is 2.36. The molecular formula is C12H30N2O3Si. The first kappa shape index (κ1) is 18.0. The maximum Gasteiger partial charge on any atom is 0.500 e. The van der Waals surface area contributed by atoms with E-state index in [4.69, 9.17) is 19.0 Å². The van der Waals surface area contributed by atoms with Crippen LogP contribution in [0.15, 0.2) is 0 Å². The van der Waals surface area contributed by atoms with Crippen LogP contribution in [0.3, 0.4) is 0 Å². The second kappa shape index (κ2) is 10.9. The lowest BCUT2D eigenvalue weighted by Gasteiger charge is -2.24. The first-order valence-corrected chi connectivity index (χ1v) is 8.65. The van der Waals surface area contributed by atoms with Crippen LogP contribution < -0.4 is 11.1 Å². The standard InChI is InChI=1S/C12H30N2O3Si/c1-12(13)11-14-9-7-5-6-8-10-18(15-2,16-3)17-4/h12,14H,5-11,13H2,1-4H3. The molecule has 0 spiro atoms. The molecule has 0 rings (SSSR count). The molecule has 0 saturated heterocycles. The van der Waals surface area contributed by atoms with Gasteiger partial charge in [-0.2, -0.15) is 0 Å². The van der Waals surface area contributed by atoms with Crippen molar-refractivity contribution >= 4 is 8.80 Å². The number of nitrogens with two attached hydrogens (primary N) is 1. The normalized spacial score (nSPS) is 13.8. The van der Waals surface area contributed by atoms with Crippen molar-refractivity contribution in [3.05, 3.63) is 0 Å².